The number of carbonyl (C=O) groups is 2. The van der Waals surface area contributed by atoms with Gasteiger partial charge >= 0.3 is 12.0 Å². The summed E-state index contributed by atoms with van der Waals surface area (Å²) in [6.07, 6.45) is 1.52. The fraction of sp³-hybridized carbons (Fsp3) is 0.364. The van der Waals surface area contributed by atoms with Crippen LogP contribution in [-0.4, -0.2) is 28.1 Å². The van der Waals surface area contributed by atoms with Crippen LogP contribution >= 0.6 is 0 Å². The second kappa shape index (κ2) is 5.83. The minimum absolute atomic E-state index is 0.112. The summed E-state index contributed by atoms with van der Waals surface area (Å²) < 4.78 is 0. The Morgan fingerprint density at radius 3 is 2.82 bits per heavy atom. The third-order valence-electron chi connectivity index (χ3n) is 2.11. The Morgan fingerprint density at radius 2 is 2.24 bits per heavy atom. The van der Waals surface area contributed by atoms with Gasteiger partial charge in [-0.05, 0) is 26.0 Å². The second-order valence-electron chi connectivity index (χ2n) is 3.73. The molecule has 0 bridgehead atoms. The van der Waals surface area contributed by atoms with Crippen LogP contribution in [0.15, 0.2) is 18.3 Å². The van der Waals surface area contributed by atoms with E-state index < -0.39 is 18.0 Å². The minimum Gasteiger partial charge on any atom is -0.481 e. The average molecular weight is 237 g/mol. The molecule has 92 valence electrons. The number of aryl methyl sites for hydroxylation is 1. The lowest BCUT2D eigenvalue weighted by molar-refractivity contribution is -0.137. The Labute approximate surface area is 99.1 Å². The van der Waals surface area contributed by atoms with Gasteiger partial charge in [-0.1, -0.05) is 0 Å². The molecule has 0 fully saturated rings. The van der Waals surface area contributed by atoms with Gasteiger partial charge in [-0.25, -0.2) is 4.79 Å². The van der Waals surface area contributed by atoms with Gasteiger partial charge in [0.05, 0.1) is 17.8 Å². The number of hydrogen-bond acceptors (Lipinski definition) is 3. The lowest BCUT2D eigenvalue weighted by Crippen LogP contribution is -2.37. The van der Waals surface area contributed by atoms with Crippen LogP contribution in [0.1, 0.15) is 19.0 Å². The molecule has 0 aliphatic heterocycles. The Bertz CT molecular complexity index is 420. The maximum Gasteiger partial charge on any atom is 0.319 e. The zero-order chi connectivity index (χ0) is 12.8. The second-order valence-corrected chi connectivity index (χ2v) is 3.73. The molecule has 0 radical (unpaired) electrons. The minimum atomic E-state index is -0.949. The summed E-state index contributed by atoms with van der Waals surface area (Å²) in [5, 5.41) is 13.7. The van der Waals surface area contributed by atoms with Crippen LogP contribution in [0.5, 0.6) is 0 Å². The maximum atomic E-state index is 11.5. The summed E-state index contributed by atoms with van der Waals surface area (Å²) in [5.41, 5.74) is 1.31. The van der Waals surface area contributed by atoms with E-state index in [0.717, 1.165) is 0 Å². The van der Waals surface area contributed by atoms with Crippen LogP contribution in [0.4, 0.5) is 10.5 Å². The van der Waals surface area contributed by atoms with Crippen LogP contribution in [0.2, 0.25) is 0 Å². The highest BCUT2D eigenvalue weighted by Crippen LogP contribution is 2.09. The van der Waals surface area contributed by atoms with E-state index in [9.17, 15) is 9.59 Å². The fourth-order valence-electron chi connectivity index (χ4n) is 1.31. The van der Waals surface area contributed by atoms with E-state index in [0.29, 0.717) is 11.4 Å². The molecule has 0 saturated carbocycles. The molecule has 0 saturated heterocycles. The van der Waals surface area contributed by atoms with Crippen LogP contribution in [0.25, 0.3) is 0 Å². The summed E-state index contributed by atoms with van der Waals surface area (Å²) in [7, 11) is 0. The monoisotopic (exact) mass is 237 g/mol. The highest BCUT2D eigenvalue weighted by molar-refractivity contribution is 5.90. The molecule has 17 heavy (non-hydrogen) atoms. The number of carboxylic acids is 1. The number of nitrogens with one attached hydrogen (secondary N) is 2. The van der Waals surface area contributed by atoms with Crippen LogP contribution < -0.4 is 10.6 Å². The van der Waals surface area contributed by atoms with Crippen molar-refractivity contribution in [1.82, 2.24) is 10.3 Å². The zero-order valence-electron chi connectivity index (χ0n) is 9.73. The first-order valence-corrected chi connectivity index (χ1v) is 5.20. The molecule has 1 unspecified atom stereocenters. The number of amides is 2. The third kappa shape index (κ3) is 4.50. The van der Waals surface area contributed by atoms with Crippen LogP contribution in [0, 0.1) is 6.92 Å². The zero-order valence-corrected chi connectivity index (χ0v) is 9.73. The van der Waals surface area contributed by atoms with Gasteiger partial charge < -0.3 is 15.7 Å². The molecule has 1 heterocycles. The molecule has 0 aliphatic rings. The molecule has 1 aromatic rings. The van der Waals surface area contributed by atoms with E-state index in [-0.39, 0.29) is 6.42 Å². The normalized spacial score (nSPS) is 11.6. The number of carboxylic acid groups (broad SMARTS) is 1. The number of aliphatic carboxylic acids is 1. The molecule has 0 spiro atoms. The van der Waals surface area contributed by atoms with Crippen molar-refractivity contribution in [2.45, 2.75) is 26.3 Å². The van der Waals surface area contributed by atoms with Crippen molar-refractivity contribution in [2.24, 2.45) is 0 Å². The first kappa shape index (κ1) is 13.0. The number of aromatic nitrogens is 1. The van der Waals surface area contributed by atoms with E-state index in [1.807, 2.05) is 0 Å². The lowest BCUT2D eigenvalue weighted by Gasteiger charge is -2.13. The van der Waals surface area contributed by atoms with Crippen molar-refractivity contribution in [3.05, 3.63) is 24.0 Å². The number of nitrogens with zero attached hydrogens (tertiary/aromatic N) is 1. The average Bonchev–Trinajstić information content (AvgIpc) is 2.19. The molecule has 1 aromatic heterocycles. The molecular weight excluding hydrogens is 222 g/mol. The molecule has 3 N–H and O–H groups in total. The Balaban J connectivity index is 2.50. The van der Waals surface area contributed by atoms with Gasteiger partial charge in [0.15, 0.2) is 0 Å². The van der Waals surface area contributed by atoms with Crippen molar-refractivity contribution in [1.29, 1.82) is 0 Å². The summed E-state index contributed by atoms with van der Waals surface area (Å²) in [4.78, 5) is 26.0. The number of rotatable bonds is 4. The number of carbonyl (C=O) groups excluding carboxylic acids is 1. The predicted octanol–water partition coefficient (Wildman–Crippen LogP) is 1.37. The highest BCUT2D eigenvalue weighted by atomic mass is 16.4. The number of hydrogen-bond donors (Lipinski definition) is 3. The number of urea groups is 1. The third-order valence-corrected chi connectivity index (χ3v) is 2.11. The predicted molar refractivity (Wildman–Crippen MR) is 62.8 cm³/mol. The van der Waals surface area contributed by atoms with E-state index in [2.05, 4.69) is 15.6 Å². The van der Waals surface area contributed by atoms with Crippen molar-refractivity contribution in [3.8, 4) is 0 Å². The molecule has 0 aliphatic carbocycles. The van der Waals surface area contributed by atoms with Crippen molar-refractivity contribution < 1.29 is 14.7 Å². The van der Waals surface area contributed by atoms with Gasteiger partial charge in [-0.2, -0.15) is 0 Å². The van der Waals surface area contributed by atoms with Crippen molar-refractivity contribution >= 4 is 17.7 Å². The Hall–Kier alpha value is -2.11. The first-order chi connectivity index (χ1) is 7.99. The number of pyridine rings is 1. The SMILES string of the molecule is Cc1ncccc1NC(=O)NC(C)CC(=O)O. The van der Waals surface area contributed by atoms with Gasteiger partial charge in [-0.3, -0.25) is 9.78 Å². The molecule has 6 heteroatoms. The maximum absolute atomic E-state index is 11.5. The lowest BCUT2D eigenvalue weighted by atomic mass is 10.2. The summed E-state index contributed by atoms with van der Waals surface area (Å²) >= 11 is 0. The highest BCUT2D eigenvalue weighted by Gasteiger charge is 2.11. The molecule has 1 atom stereocenters. The van der Waals surface area contributed by atoms with E-state index in [1.165, 1.54) is 0 Å². The number of anilines is 1. The molecule has 2 amide bonds. The first-order valence-electron chi connectivity index (χ1n) is 5.20. The van der Waals surface area contributed by atoms with E-state index >= 15 is 0 Å². The van der Waals surface area contributed by atoms with Gasteiger partial charge in [-0.15, -0.1) is 0 Å². The molecular formula is C11H15N3O3. The van der Waals surface area contributed by atoms with Crippen molar-refractivity contribution in [3.63, 3.8) is 0 Å². The Morgan fingerprint density at radius 1 is 1.53 bits per heavy atom. The summed E-state index contributed by atoms with van der Waals surface area (Å²) in [5.74, 6) is -0.949. The molecule has 0 aromatic carbocycles. The molecule has 1 rings (SSSR count). The van der Waals surface area contributed by atoms with E-state index in [1.54, 1.807) is 32.2 Å². The van der Waals surface area contributed by atoms with Crippen LogP contribution in [-0.2, 0) is 4.79 Å². The quantitative estimate of drug-likeness (QED) is 0.737. The molecule has 6 nitrogen and oxygen atoms in total. The summed E-state index contributed by atoms with van der Waals surface area (Å²) in [6.45, 7) is 3.40. The van der Waals surface area contributed by atoms with Gasteiger partial charge in [0.25, 0.3) is 0 Å². The fourth-order valence-corrected chi connectivity index (χ4v) is 1.31. The van der Waals surface area contributed by atoms with Crippen molar-refractivity contribution in [2.75, 3.05) is 5.32 Å². The van der Waals surface area contributed by atoms with Gasteiger partial charge in [0.1, 0.15) is 0 Å². The largest absolute Gasteiger partial charge is 0.481 e. The van der Waals surface area contributed by atoms with Gasteiger partial charge in [0, 0.05) is 12.2 Å². The topological polar surface area (TPSA) is 91.3 Å². The smallest absolute Gasteiger partial charge is 0.319 e. The Kier molecular flexibility index (Phi) is 4.45. The van der Waals surface area contributed by atoms with Gasteiger partial charge in [0.2, 0.25) is 0 Å². The van der Waals surface area contributed by atoms with Crippen LogP contribution in [0.3, 0.4) is 0 Å². The summed E-state index contributed by atoms with van der Waals surface area (Å²) in [6, 6.07) is 2.58. The standard InChI is InChI=1S/C11H15N3O3/c1-7(6-10(15)16)13-11(17)14-9-4-3-5-12-8(9)2/h3-5,7H,6H2,1-2H3,(H,15,16)(H2,13,14,17). The van der Waals surface area contributed by atoms with E-state index in [4.69, 9.17) is 5.11 Å².